The molecule has 0 aliphatic heterocycles. The van der Waals surface area contributed by atoms with Crippen LogP contribution in [0.3, 0.4) is 0 Å². The molecule has 0 radical (unpaired) electrons. The first kappa shape index (κ1) is 39.6. The summed E-state index contributed by atoms with van der Waals surface area (Å²) in [6, 6.07) is 75.9. The molecule has 10 aromatic carbocycles. The van der Waals surface area contributed by atoms with Crippen LogP contribution in [0.25, 0.3) is 66.1 Å². The van der Waals surface area contributed by atoms with E-state index in [0.29, 0.717) is 0 Å². The molecule has 12 aromatic rings. The Bertz CT molecular complexity index is 3690. The fourth-order valence-electron chi connectivity index (χ4n) is 11.8. The molecule has 0 N–H and O–H groups in total. The highest BCUT2D eigenvalue weighted by Crippen LogP contribution is 2.68. The van der Waals surface area contributed by atoms with Crippen molar-refractivity contribution in [1.82, 2.24) is 0 Å². The van der Waals surface area contributed by atoms with Gasteiger partial charge in [0.25, 0.3) is 0 Å². The van der Waals surface area contributed by atoms with Crippen LogP contribution in [0.4, 0.5) is 34.1 Å². The van der Waals surface area contributed by atoms with E-state index in [1.165, 1.54) is 66.8 Å². The Hall–Kier alpha value is -8.60. The van der Waals surface area contributed by atoms with Gasteiger partial charge in [0.2, 0.25) is 0 Å². The molecule has 14 rings (SSSR count). The number of hydrogen-bond acceptors (Lipinski definition) is 4. The predicted octanol–water partition coefficient (Wildman–Crippen LogP) is 18.0. The van der Waals surface area contributed by atoms with E-state index in [1.807, 2.05) is 0 Å². The quantitative estimate of drug-likeness (QED) is 0.167. The van der Waals surface area contributed by atoms with Gasteiger partial charge in [-0.15, -0.1) is 0 Å². The molecule has 2 aliphatic rings. The van der Waals surface area contributed by atoms with Gasteiger partial charge in [-0.2, -0.15) is 0 Å². The van der Waals surface area contributed by atoms with Crippen molar-refractivity contribution in [2.24, 2.45) is 0 Å². The Balaban J connectivity index is 1.22. The van der Waals surface area contributed by atoms with Gasteiger partial charge in [0.05, 0.1) is 16.8 Å². The van der Waals surface area contributed by atoms with Gasteiger partial charge in [0, 0.05) is 44.3 Å². The number of aryl methyl sites for hydroxylation is 4. The first-order valence-corrected chi connectivity index (χ1v) is 23.9. The number of benzene rings is 10. The van der Waals surface area contributed by atoms with E-state index in [9.17, 15) is 0 Å². The first-order chi connectivity index (χ1) is 33.9. The lowest BCUT2D eigenvalue weighted by Gasteiger charge is -2.33. The highest BCUT2D eigenvalue weighted by molar-refractivity contribution is 6.27. The molecule has 0 bridgehead atoms. The van der Waals surface area contributed by atoms with Crippen molar-refractivity contribution in [2.45, 2.75) is 33.1 Å². The number of nitrogens with zero attached hydrogens (tertiary/aromatic N) is 2. The Kier molecular flexibility index (Phi) is 8.43. The van der Waals surface area contributed by atoms with Crippen LogP contribution in [-0.4, -0.2) is 0 Å². The lowest BCUT2D eigenvalue weighted by atomic mass is 9.70. The third kappa shape index (κ3) is 5.57. The number of hydrogen-bond donors (Lipinski definition) is 0. The average molecular weight is 887 g/mol. The molecule has 0 saturated carbocycles. The first-order valence-electron chi connectivity index (χ1n) is 23.9. The fraction of sp³-hybridized carbons (Fsp3) is 0.0769. The Morgan fingerprint density at radius 3 is 1.01 bits per heavy atom. The Morgan fingerprint density at radius 1 is 0.333 bits per heavy atom. The summed E-state index contributed by atoms with van der Waals surface area (Å²) in [4.78, 5) is 4.80. The van der Waals surface area contributed by atoms with Crippen molar-refractivity contribution in [3.8, 4) is 22.3 Å². The van der Waals surface area contributed by atoms with Crippen LogP contribution in [0.15, 0.2) is 215 Å². The van der Waals surface area contributed by atoms with Crippen molar-refractivity contribution in [3.05, 3.63) is 251 Å². The van der Waals surface area contributed by atoms with Crippen LogP contribution >= 0.6 is 0 Å². The van der Waals surface area contributed by atoms with Gasteiger partial charge >= 0.3 is 0 Å². The lowest BCUT2D eigenvalue weighted by molar-refractivity contribution is 0.668. The van der Waals surface area contributed by atoms with Crippen molar-refractivity contribution in [2.75, 3.05) is 9.80 Å². The molecule has 0 saturated heterocycles. The zero-order valence-electron chi connectivity index (χ0n) is 38.8. The van der Waals surface area contributed by atoms with Crippen LogP contribution in [0.1, 0.15) is 44.5 Å². The minimum Gasteiger partial charge on any atom is -0.454 e. The van der Waals surface area contributed by atoms with Crippen LogP contribution in [0.2, 0.25) is 0 Å². The van der Waals surface area contributed by atoms with E-state index in [2.05, 4.69) is 244 Å². The molecule has 2 heterocycles. The Morgan fingerprint density at radius 2 is 0.652 bits per heavy atom. The molecule has 2 aliphatic carbocycles. The normalized spacial score (nSPS) is 13.0. The third-order valence-electron chi connectivity index (χ3n) is 14.9. The van der Waals surface area contributed by atoms with Crippen molar-refractivity contribution >= 4 is 78.0 Å². The Labute approximate surface area is 400 Å². The summed E-state index contributed by atoms with van der Waals surface area (Å²) in [7, 11) is 0. The van der Waals surface area contributed by atoms with Crippen molar-refractivity contribution in [1.29, 1.82) is 0 Å². The standard InChI is InChI=1S/C65H46N2O2/c1-39-21-29-43(30-22-39)66(44-31-23-40(2)24-32-44)55-37-53-61(59-49-15-7-11-19-57(49)68-63(55)59)62-54(65(53)51-17-9-5-13-47(51)48-14-6-10-18-52(48)65)38-56(64-60(62)50-16-8-12-20-58(50)69-64)67(45-33-25-41(3)26-34-45)46-35-27-42(4)28-36-46/h5-38H,1-4H3. The maximum Gasteiger partial charge on any atom is 0.160 e. The minimum absolute atomic E-state index is 0.751. The van der Waals surface area contributed by atoms with E-state index >= 15 is 0 Å². The number of para-hydroxylation sites is 2. The number of fused-ring (bicyclic) bond motifs is 18. The molecule has 4 nitrogen and oxygen atoms in total. The molecule has 0 amide bonds. The van der Waals surface area contributed by atoms with Crippen LogP contribution < -0.4 is 9.80 Å². The second-order valence-corrected chi connectivity index (χ2v) is 19.1. The predicted molar refractivity (Wildman–Crippen MR) is 286 cm³/mol. The second-order valence-electron chi connectivity index (χ2n) is 19.1. The van der Waals surface area contributed by atoms with Crippen LogP contribution in [-0.2, 0) is 5.41 Å². The van der Waals surface area contributed by atoms with Crippen LogP contribution in [0, 0.1) is 27.7 Å². The smallest absolute Gasteiger partial charge is 0.160 e. The van der Waals surface area contributed by atoms with Crippen molar-refractivity contribution in [3.63, 3.8) is 0 Å². The van der Waals surface area contributed by atoms with E-state index in [1.54, 1.807) is 0 Å². The average Bonchev–Trinajstić information content (AvgIpc) is 4.12. The summed E-state index contributed by atoms with van der Waals surface area (Å²) < 4.78 is 14.6. The van der Waals surface area contributed by atoms with E-state index in [0.717, 1.165) is 78.0 Å². The van der Waals surface area contributed by atoms with Gasteiger partial charge in [0.15, 0.2) is 11.2 Å². The van der Waals surface area contributed by atoms with Gasteiger partial charge < -0.3 is 18.6 Å². The van der Waals surface area contributed by atoms with E-state index in [4.69, 9.17) is 8.83 Å². The fourth-order valence-corrected chi connectivity index (χ4v) is 11.8. The maximum absolute atomic E-state index is 7.29. The van der Waals surface area contributed by atoms with Gasteiger partial charge in [-0.1, -0.05) is 156 Å². The third-order valence-corrected chi connectivity index (χ3v) is 14.9. The highest BCUT2D eigenvalue weighted by atomic mass is 16.3. The molecule has 4 heteroatoms. The molecular formula is C65H46N2O2. The summed E-state index contributed by atoms with van der Waals surface area (Å²) in [5.74, 6) is 0. The SMILES string of the molecule is Cc1ccc(N(c2ccc(C)cc2)c2cc3c(c4c2oc2ccccc24)-c2c(cc(N(c4ccc(C)cc4)c4ccc(C)cc4)c4oc5ccccc5c24)C32c3ccccc3-c3ccccc32)cc1. The number of rotatable bonds is 6. The summed E-state index contributed by atoms with van der Waals surface area (Å²) >= 11 is 0. The van der Waals surface area contributed by atoms with Crippen LogP contribution in [0.5, 0.6) is 0 Å². The molecule has 0 fully saturated rings. The monoisotopic (exact) mass is 886 g/mol. The van der Waals surface area contributed by atoms with E-state index < -0.39 is 5.41 Å². The summed E-state index contributed by atoms with van der Waals surface area (Å²) in [6.45, 7) is 8.60. The molecule has 2 aromatic heterocycles. The molecule has 1 spiro atoms. The summed E-state index contributed by atoms with van der Waals surface area (Å²) in [5, 5.41) is 4.34. The second kappa shape index (κ2) is 14.7. The molecule has 328 valence electrons. The van der Waals surface area contributed by atoms with Gasteiger partial charge in [-0.05, 0) is 145 Å². The van der Waals surface area contributed by atoms with Gasteiger partial charge in [0.1, 0.15) is 11.2 Å². The zero-order chi connectivity index (χ0) is 46.1. The zero-order valence-corrected chi connectivity index (χ0v) is 38.8. The molecule has 0 atom stereocenters. The molecular weight excluding hydrogens is 841 g/mol. The topological polar surface area (TPSA) is 32.8 Å². The highest BCUT2D eigenvalue weighted by Gasteiger charge is 2.54. The maximum atomic E-state index is 7.29. The summed E-state index contributed by atoms with van der Waals surface area (Å²) in [6.07, 6.45) is 0. The largest absolute Gasteiger partial charge is 0.454 e. The minimum atomic E-state index is -0.751. The molecule has 69 heavy (non-hydrogen) atoms. The lowest BCUT2D eigenvalue weighted by Crippen LogP contribution is -2.26. The number of furan rings is 2. The number of anilines is 6. The van der Waals surface area contributed by atoms with Crippen molar-refractivity contribution < 1.29 is 8.83 Å². The van der Waals surface area contributed by atoms with Gasteiger partial charge in [-0.25, -0.2) is 0 Å². The van der Waals surface area contributed by atoms with E-state index in [-0.39, 0.29) is 0 Å². The van der Waals surface area contributed by atoms with Gasteiger partial charge in [-0.3, -0.25) is 0 Å². The molecule has 0 unspecified atom stereocenters. The summed E-state index contributed by atoms with van der Waals surface area (Å²) in [5.41, 5.74) is 23.4.